The summed E-state index contributed by atoms with van der Waals surface area (Å²) in [4.78, 5) is 35.9. The molecular weight excluding hydrogens is 432 g/mol. The van der Waals surface area contributed by atoms with E-state index in [0.717, 1.165) is 16.7 Å². The Kier molecular flexibility index (Phi) is 8.57. The van der Waals surface area contributed by atoms with Crippen molar-refractivity contribution in [1.29, 1.82) is 0 Å². The summed E-state index contributed by atoms with van der Waals surface area (Å²) in [6, 6.07) is 21.2. The summed E-state index contributed by atoms with van der Waals surface area (Å²) in [6.45, 7) is 4.27. The normalized spacial score (nSPS) is 10.5. The molecule has 3 aromatic rings. The molecule has 2 amide bonds. The van der Waals surface area contributed by atoms with E-state index in [-0.39, 0.29) is 24.2 Å². The van der Waals surface area contributed by atoms with Crippen molar-refractivity contribution in [3.8, 4) is 5.75 Å². The summed E-state index contributed by atoms with van der Waals surface area (Å²) in [5, 5.41) is 5.64. The first-order valence-corrected chi connectivity index (χ1v) is 10.8. The first-order chi connectivity index (χ1) is 16.4. The highest BCUT2D eigenvalue weighted by atomic mass is 16.7. The number of ether oxygens (including phenoxy) is 2. The number of amides is 2. The van der Waals surface area contributed by atoms with Crippen molar-refractivity contribution in [2.24, 2.45) is 0 Å². The summed E-state index contributed by atoms with van der Waals surface area (Å²) in [5.74, 6) is -0.200. The van der Waals surface area contributed by atoms with E-state index in [9.17, 15) is 14.4 Å². The van der Waals surface area contributed by atoms with Crippen LogP contribution in [-0.4, -0.2) is 24.6 Å². The van der Waals surface area contributed by atoms with Crippen LogP contribution in [0.5, 0.6) is 5.75 Å². The summed E-state index contributed by atoms with van der Waals surface area (Å²) in [6.07, 6.45) is 2.49. The van der Waals surface area contributed by atoms with Crippen LogP contribution in [0.1, 0.15) is 34.0 Å². The van der Waals surface area contributed by atoms with Crippen molar-refractivity contribution in [3.63, 3.8) is 0 Å². The van der Waals surface area contributed by atoms with Crippen LogP contribution in [0.3, 0.4) is 0 Å². The van der Waals surface area contributed by atoms with Crippen molar-refractivity contribution >= 4 is 29.7 Å². The average molecular weight is 459 g/mol. The van der Waals surface area contributed by atoms with E-state index in [0.29, 0.717) is 17.8 Å². The molecule has 0 atom stereocenters. The van der Waals surface area contributed by atoms with Gasteiger partial charge in [0.25, 0.3) is 5.91 Å². The smallest absolute Gasteiger partial charge is 0.434 e. The molecule has 0 aliphatic carbocycles. The molecule has 0 unspecified atom stereocenters. The van der Waals surface area contributed by atoms with Gasteiger partial charge in [-0.2, -0.15) is 0 Å². The highest BCUT2D eigenvalue weighted by molar-refractivity contribution is 6.04. The van der Waals surface area contributed by atoms with Crippen LogP contribution in [0.25, 0.3) is 6.08 Å². The summed E-state index contributed by atoms with van der Waals surface area (Å²) in [5.41, 5.74) is 4.03. The lowest BCUT2D eigenvalue weighted by Crippen LogP contribution is -2.20. The zero-order valence-electron chi connectivity index (χ0n) is 19.0. The van der Waals surface area contributed by atoms with Gasteiger partial charge in [-0.05, 0) is 67.4 Å². The van der Waals surface area contributed by atoms with Gasteiger partial charge in [0, 0.05) is 23.9 Å². The zero-order chi connectivity index (χ0) is 24.3. The van der Waals surface area contributed by atoms with Gasteiger partial charge in [-0.25, -0.2) is 4.79 Å². The second-order valence-corrected chi connectivity index (χ2v) is 7.43. The van der Waals surface area contributed by atoms with Gasteiger partial charge in [0.2, 0.25) is 5.91 Å². The number of aryl methyl sites for hydroxylation is 1. The molecule has 3 rings (SSSR count). The van der Waals surface area contributed by atoms with E-state index in [4.69, 9.17) is 9.47 Å². The predicted molar refractivity (Wildman–Crippen MR) is 131 cm³/mol. The van der Waals surface area contributed by atoms with E-state index in [1.807, 2.05) is 43.3 Å². The van der Waals surface area contributed by atoms with Crippen LogP contribution in [0.2, 0.25) is 0 Å². The van der Waals surface area contributed by atoms with Crippen LogP contribution in [0, 0.1) is 6.92 Å². The molecule has 2 N–H and O–H groups in total. The maximum atomic E-state index is 12.5. The Labute approximate surface area is 198 Å². The second-order valence-electron chi connectivity index (χ2n) is 7.43. The SMILES string of the molecule is CCOC(=O)Oc1ccc(C(=O)Nc2ccc(CNC(=O)/C=C/c3cccc(C)c3)cc2)cc1. The molecule has 0 fully saturated rings. The van der Waals surface area contributed by atoms with E-state index in [2.05, 4.69) is 10.6 Å². The molecule has 0 aromatic heterocycles. The quantitative estimate of drug-likeness (QED) is 0.278. The van der Waals surface area contributed by atoms with Crippen LogP contribution in [0.15, 0.2) is 78.9 Å². The topological polar surface area (TPSA) is 93.7 Å². The Morgan fingerprint density at radius 2 is 1.68 bits per heavy atom. The first-order valence-electron chi connectivity index (χ1n) is 10.8. The molecule has 0 aliphatic heterocycles. The standard InChI is InChI=1S/C27H26N2O5/c1-3-33-27(32)34-24-14-10-22(11-15-24)26(31)29-23-12-7-21(8-13-23)18-28-25(30)16-9-20-6-4-5-19(2)17-20/h4-17H,3,18H2,1-2H3,(H,28,30)(H,29,31)/b16-9+. The largest absolute Gasteiger partial charge is 0.513 e. The number of benzene rings is 3. The van der Waals surface area contributed by atoms with Gasteiger partial charge in [0.1, 0.15) is 5.75 Å². The third-order valence-corrected chi connectivity index (χ3v) is 4.73. The molecule has 0 radical (unpaired) electrons. The predicted octanol–water partition coefficient (Wildman–Crippen LogP) is 5.11. The van der Waals surface area contributed by atoms with Crippen molar-refractivity contribution in [2.75, 3.05) is 11.9 Å². The Hall–Kier alpha value is -4.39. The number of carbonyl (C=O) groups excluding carboxylic acids is 3. The minimum absolute atomic E-state index is 0.186. The molecule has 0 bridgehead atoms. The number of carbonyl (C=O) groups is 3. The van der Waals surface area contributed by atoms with Crippen LogP contribution >= 0.6 is 0 Å². The zero-order valence-corrected chi connectivity index (χ0v) is 19.0. The van der Waals surface area contributed by atoms with Crippen molar-refractivity contribution in [1.82, 2.24) is 5.32 Å². The van der Waals surface area contributed by atoms with Crippen LogP contribution in [0.4, 0.5) is 10.5 Å². The van der Waals surface area contributed by atoms with E-state index in [1.165, 1.54) is 18.2 Å². The molecule has 0 saturated carbocycles. The molecule has 0 spiro atoms. The third-order valence-electron chi connectivity index (χ3n) is 4.73. The highest BCUT2D eigenvalue weighted by Crippen LogP contribution is 2.16. The van der Waals surface area contributed by atoms with Gasteiger partial charge in [0.05, 0.1) is 6.61 Å². The molecular formula is C27H26N2O5. The molecule has 0 saturated heterocycles. The van der Waals surface area contributed by atoms with E-state index < -0.39 is 6.16 Å². The van der Waals surface area contributed by atoms with Gasteiger partial charge in [-0.1, -0.05) is 42.0 Å². The maximum Gasteiger partial charge on any atom is 0.513 e. The van der Waals surface area contributed by atoms with Crippen LogP contribution in [-0.2, 0) is 16.1 Å². The summed E-state index contributed by atoms with van der Waals surface area (Å²) < 4.78 is 9.69. The number of rotatable bonds is 8. The lowest BCUT2D eigenvalue weighted by Gasteiger charge is -2.08. The second kappa shape index (κ2) is 12.0. The van der Waals surface area contributed by atoms with Crippen molar-refractivity contribution in [3.05, 3.63) is 101 Å². The van der Waals surface area contributed by atoms with E-state index in [1.54, 1.807) is 37.3 Å². The highest BCUT2D eigenvalue weighted by Gasteiger charge is 2.09. The molecule has 7 nitrogen and oxygen atoms in total. The van der Waals surface area contributed by atoms with Gasteiger partial charge in [-0.15, -0.1) is 0 Å². The van der Waals surface area contributed by atoms with Gasteiger partial charge in [0.15, 0.2) is 0 Å². The Bertz CT molecular complexity index is 1170. The minimum Gasteiger partial charge on any atom is -0.434 e. The summed E-state index contributed by atoms with van der Waals surface area (Å²) in [7, 11) is 0. The number of nitrogens with one attached hydrogen (secondary N) is 2. The lowest BCUT2D eigenvalue weighted by atomic mass is 10.1. The van der Waals surface area contributed by atoms with Crippen LogP contribution < -0.4 is 15.4 Å². The molecule has 174 valence electrons. The number of anilines is 1. The molecule has 34 heavy (non-hydrogen) atoms. The van der Waals surface area contributed by atoms with Crippen molar-refractivity contribution in [2.45, 2.75) is 20.4 Å². The van der Waals surface area contributed by atoms with E-state index >= 15 is 0 Å². The number of hydrogen-bond acceptors (Lipinski definition) is 5. The molecule has 3 aromatic carbocycles. The van der Waals surface area contributed by atoms with Crippen molar-refractivity contribution < 1.29 is 23.9 Å². The molecule has 7 heteroatoms. The minimum atomic E-state index is -0.793. The third kappa shape index (κ3) is 7.63. The molecule has 0 heterocycles. The fourth-order valence-corrected chi connectivity index (χ4v) is 3.02. The van der Waals surface area contributed by atoms with Gasteiger partial charge in [-0.3, -0.25) is 9.59 Å². The Balaban J connectivity index is 1.48. The van der Waals surface area contributed by atoms with Gasteiger partial charge >= 0.3 is 6.16 Å². The monoisotopic (exact) mass is 458 g/mol. The maximum absolute atomic E-state index is 12.5. The Morgan fingerprint density at radius 1 is 0.941 bits per heavy atom. The average Bonchev–Trinajstić information content (AvgIpc) is 2.83. The lowest BCUT2D eigenvalue weighted by molar-refractivity contribution is -0.116. The fourth-order valence-electron chi connectivity index (χ4n) is 3.02. The molecule has 0 aliphatic rings. The number of hydrogen-bond donors (Lipinski definition) is 2. The summed E-state index contributed by atoms with van der Waals surface area (Å²) >= 11 is 0. The Morgan fingerprint density at radius 3 is 2.35 bits per heavy atom. The van der Waals surface area contributed by atoms with Gasteiger partial charge < -0.3 is 20.1 Å². The fraction of sp³-hybridized carbons (Fsp3) is 0.148. The first kappa shape index (κ1) is 24.3.